The summed E-state index contributed by atoms with van der Waals surface area (Å²) >= 11 is 0. The Labute approximate surface area is 159 Å². The lowest BCUT2D eigenvalue weighted by molar-refractivity contribution is -0.112. The van der Waals surface area contributed by atoms with E-state index in [1.165, 1.54) is 11.6 Å². The summed E-state index contributed by atoms with van der Waals surface area (Å²) in [4.78, 5) is 14.3. The molecule has 1 amide bonds. The molecule has 4 nitrogen and oxygen atoms in total. The van der Waals surface area contributed by atoms with Gasteiger partial charge in [-0.05, 0) is 41.5 Å². The maximum absolute atomic E-state index is 12.2. The third-order valence-corrected chi connectivity index (χ3v) is 3.96. The molecule has 1 N–H and O–H groups in total. The zero-order chi connectivity index (χ0) is 18.9. The maximum Gasteiger partial charge on any atom is 0.266 e. The Balaban J connectivity index is 1.62. The molecule has 1 aliphatic heterocycles. The van der Waals surface area contributed by atoms with Gasteiger partial charge in [-0.3, -0.25) is 4.79 Å². The molecule has 0 saturated carbocycles. The smallest absolute Gasteiger partial charge is 0.266 e. The van der Waals surface area contributed by atoms with Crippen LogP contribution < -0.4 is 5.32 Å². The minimum Gasteiger partial charge on any atom is -0.350 e. The second-order valence-electron chi connectivity index (χ2n) is 5.97. The van der Waals surface area contributed by atoms with Crippen molar-refractivity contribution in [3.05, 3.63) is 114 Å². The van der Waals surface area contributed by atoms with Gasteiger partial charge in [0.25, 0.3) is 5.91 Å². The number of nitrogens with zero attached hydrogens (tertiary/aromatic N) is 2. The van der Waals surface area contributed by atoms with Gasteiger partial charge in [-0.1, -0.05) is 54.6 Å². The van der Waals surface area contributed by atoms with E-state index in [1.807, 2.05) is 67.0 Å². The summed E-state index contributed by atoms with van der Waals surface area (Å²) in [5.41, 5.74) is 2.85. The Morgan fingerprint density at radius 1 is 1.00 bits per heavy atom. The van der Waals surface area contributed by atoms with Gasteiger partial charge in [0.05, 0.1) is 0 Å². The lowest BCUT2D eigenvalue weighted by Crippen LogP contribution is -2.13. The molecule has 0 unspecified atom stereocenters. The van der Waals surface area contributed by atoms with Gasteiger partial charge in [0.2, 0.25) is 0 Å². The van der Waals surface area contributed by atoms with E-state index in [2.05, 4.69) is 22.3 Å². The number of rotatable bonds is 5. The molecule has 2 aromatic carbocycles. The average Bonchev–Trinajstić information content (AvgIpc) is 2.71. The second kappa shape index (κ2) is 9.02. The molecule has 3 rings (SSSR count). The molecule has 0 atom stereocenters. The van der Waals surface area contributed by atoms with Crippen LogP contribution in [0, 0.1) is 11.3 Å². The highest BCUT2D eigenvalue weighted by Gasteiger charge is 2.08. The highest BCUT2D eigenvalue weighted by molar-refractivity contribution is 6.06. The summed E-state index contributed by atoms with van der Waals surface area (Å²) in [6.45, 7) is 0.792. The zero-order valence-corrected chi connectivity index (χ0v) is 14.7. The predicted molar refractivity (Wildman–Crippen MR) is 107 cm³/mol. The number of anilines is 1. The first kappa shape index (κ1) is 18.0. The average molecular weight is 353 g/mol. The van der Waals surface area contributed by atoms with Gasteiger partial charge in [0, 0.05) is 24.6 Å². The van der Waals surface area contributed by atoms with Crippen molar-refractivity contribution in [1.82, 2.24) is 4.90 Å². The molecule has 0 spiro atoms. The molecule has 1 heterocycles. The standard InChI is InChI=1S/C23H19N3O/c24-17-21(23(27)25-22-9-5-2-6-10-22)12-11-19-13-15-26(16-14-19)18-20-7-3-1-4-8-20/h1-16H,18H2,(H,25,27). The molecule has 0 fully saturated rings. The van der Waals surface area contributed by atoms with Gasteiger partial charge in [0.15, 0.2) is 0 Å². The van der Waals surface area contributed by atoms with Crippen LogP contribution in [0.2, 0.25) is 0 Å². The fourth-order valence-electron chi connectivity index (χ4n) is 2.54. The third kappa shape index (κ3) is 5.32. The first-order chi connectivity index (χ1) is 13.2. The van der Waals surface area contributed by atoms with Gasteiger partial charge in [-0.25, -0.2) is 0 Å². The molecule has 4 heteroatoms. The number of nitrogens with one attached hydrogen (secondary N) is 1. The van der Waals surface area contributed by atoms with E-state index in [0.29, 0.717) is 5.69 Å². The minimum atomic E-state index is -0.421. The van der Waals surface area contributed by atoms with Crippen LogP contribution >= 0.6 is 0 Å². The molecule has 2 aromatic rings. The van der Waals surface area contributed by atoms with E-state index in [4.69, 9.17) is 0 Å². The van der Waals surface area contributed by atoms with Crippen molar-refractivity contribution in [2.75, 3.05) is 5.32 Å². The minimum absolute atomic E-state index is 0.0554. The largest absolute Gasteiger partial charge is 0.350 e. The maximum atomic E-state index is 12.2. The van der Waals surface area contributed by atoms with Crippen LogP contribution in [0.1, 0.15) is 5.56 Å². The van der Waals surface area contributed by atoms with Crippen LogP contribution in [-0.2, 0) is 11.3 Å². The SMILES string of the molecule is N#CC(=CC=C1C=CN(Cc2ccccc2)C=C1)C(=O)Nc1ccccc1. The molecule has 0 aliphatic carbocycles. The van der Waals surface area contributed by atoms with Gasteiger partial charge in [0.1, 0.15) is 11.6 Å². The normalized spacial score (nSPS) is 13.2. The molecule has 0 bridgehead atoms. The second-order valence-corrected chi connectivity index (χ2v) is 5.97. The summed E-state index contributed by atoms with van der Waals surface area (Å²) < 4.78 is 0. The monoisotopic (exact) mass is 353 g/mol. The van der Waals surface area contributed by atoms with Crippen LogP contribution in [-0.4, -0.2) is 10.8 Å². The fourth-order valence-corrected chi connectivity index (χ4v) is 2.54. The Morgan fingerprint density at radius 3 is 2.26 bits per heavy atom. The highest BCUT2D eigenvalue weighted by Crippen LogP contribution is 2.14. The molecule has 0 saturated heterocycles. The Hall–Kier alpha value is -3.84. The van der Waals surface area contributed by atoms with Crippen LogP contribution in [0.15, 0.2) is 109 Å². The highest BCUT2D eigenvalue weighted by atomic mass is 16.1. The molecule has 0 aromatic heterocycles. The molecular weight excluding hydrogens is 334 g/mol. The number of hydrogen-bond donors (Lipinski definition) is 1. The number of para-hydroxylation sites is 1. The number of carbonyl (C=O) groups is 1. The van der Waals surface area contributed by atoms with E-state index in [0.717, 1.165) is 12.1 Å². The summed E-state index contributed by atoms with van der Waals surface area (Å²) in [6.07, 6.45) is 11.1. The van der Waals surface area contributed by atoms with Crippen LogP contribution in [0.25, 0.3) is 0 Å². The van der Waals surface area contributed by atoms with E-state index in [9.17, 15) is 10.1 Å². The zero-order valence-electron chi connectivity index (χ0n) is 14.7. The number of amides is 1. The number of nitriles is 1. The van der Waals surface area contributed by atoms with E-state index < -0.39 is 5.91 Å². The van der Waals surface area contributed by atoms with Gasteiger partial charge >= 0.3 is 0 Å². The predicted octanol–water partition coefficient (Wildman–Crippen LogP) is 4.54. The van der Waals surface area contributed by atoms with Crippen molar-refractivity contribution in [1.29, 1.82) is 5.26 Å². The lowest BCUT2D eigenvalue weighted by atomic mass is 10.1. The molecule has 132 valence electrons. The van der Waals surface area contributed by atoms with E-state index in [1.54, 1.807) is 18.2 Å². The lowest BCUT2D eigenvalue weighted by Gasteiger charge is -2.18. The van der Waals surface area contributed by atoms with Crippen molar-refractivity contribution >= 4 is 11.6 Å². The third-order valence-electron chi connectivity index (χ3n) is 3.96. The van der Waals surface area contributed by atoms with Crippen molar-refractivity contribution in [2.45, 2.75) is 6.54 Å². The Bertz CT molecular complexity index is 932. The van der Waals surface area contributed by atoms with Crippen LogP contribution in [0.4, 0.5) is 5.69 Å². The summed E-state index contributed by atoms with van der Waals surface area (Å²) in [5, 5.41) is 12.0. The van der Waals surface area contributed by atoms with Gasteiger partial charge in [-0.15, -0.1) is 0 Å². The molecule has 0 radical (unpaired) electrons. The van der Waals surface area contributed by atoms with Crippen LogP contribution in [0.3, 0.4) is 0 Å². The quantitative estimate of drug-likeness (QED) is 0.634. The Kier molecular flexibility index (Phi) is 6.00. The van der Waals surface area contributed by atoms with Crippen LogP contribution in [0.5, 0.6) is 0 Å². The van der Waals surface area contributed by atoms with Crippen molar-refractivity contribution in [3.63, 3.8) is 0 Å². The molecule has 27 heavy (non-hydrogen) atoms. The molecule has 1 aliphatic rings. The summed E-state index contributed by atoms with van der Waals surface area (Å²) in [6, 6.07) is 21.2. The first-order valence-corrected chi connectivity index (χ1v) is 8.59. The van der Waals surface area contributed by atoms with E-state index in [-0.39, 0.29) is 5.57 Å². The fraction of sp³-hybridized carbons (Fsp3) is 0.0435. The number of allylic oxidation sites excluding steroid dienone is 5. The van der Waals surface area contributed by atoms with E-state index >= 15 is 0 Å². The molecular formula is C23H19N3O. The Morgan fingerprint density at radius 2 is 1.63 bits per heavy atom. The number of carbonyl (C=O) groups excluding carboxylic acids is 1. The van der Waals surface area contributed by atoms with Crippen molar-refractivity contribution < 1.29 is 4.79 Å². The van der Waals surface area contributed by atoms with Crippen molar-refractivity contribution in [2.24, 2.45) is 0 Å². The van der Waals surface area contributed by atoms with Gasteiger partial charge < -0.3 is 10.2 Å². The van der Waals surface area contributed by atoms with Crippen molar-refractivity contribution in [3.8, 4) is 6.07 Å². The van der Waals surface area contributed by atoms with Gasteiger partial charge in [-0.2, -0.15) is 5.26 Å². The number of benzene rings is 2. The first-order valence-electron chi connectivity index (χ1n) is 8.59. The summed E-state index contributed by atoms with van der Waals surface area (Å²) in [7, 11) is 0. The number of hydrogen-bond acceptors (Lipinski definition) is 3. The topological polar surface area (TPSA) is 56.1 Å². The summed E-state index contributed by atoms with van der Waals surface area (Å²) in [5.74, 6) is -0.421.